The zero-order valence-electron chi connectivity index (χ0n) is 8.49. The second kappa shape index (κ2) is 4.46. The molecule has 1 rings (SSSR count). The van der Waals surface area contributed by atoms with E-state index >= 15 is 0 Å². The van der Waals surface area contributed by atoms with E-state index < -0.39 is 0 Å². The molecule has 0 saturated carbocycles. The number of aromatic nitrogens is 1. The topological polar surface area (TPSA) is 64.9 Å². The largest absolute Gasteiger partial charge is 0.396 e. The molecule has 14 heavy (non-hydrogen) atoms. The Balaban J connectivity index is 3.37. The van der Waals surface area contributed by atoms with Gasteiger partial charge in [0.25, 0.3) is 0 Å². The van der Waals surface area contributed by atoms with Crippen LogP contribution in [0.2, 0.25) is 0 Å². The molecule has 0 unspecified atom stereocenters. The van der Waals surface area contributed by atoms with Gasteiger partial charge in [0, 0.05) is 5.56 Å². The molecule has 0 bridgehead atoms. The number of nitrogens with zero attached hydrogens (tertiary/aromatic N) is 1. The van der Waals surface area contributed by atoms with Gasteiger partial charge in [-0.1, -0.05) is 18.2 Å². The van der Waals surface area contributed by atoms with Gasteiger partial charge in [-0.3, -0.25) is 4.98 Å². The van der Waals surface area contributed by atoms with Crippen molar-refractivity contribution in [2.45, 2.75) is 13.8 Å². The summed E-state index contributed by atoms with van der Waals surface area (Å²) in [5.74, 6) is 0. The van der Waals surface area contributed by atoms with Gasteiger partial charge in [0.2, 0.25) is 0 Å². The molecular formula is C11H15N3. The van der Waals surface area contributed by atoms with Crippen molar-refractivity contribution in [2.24, 2.45) is 0 Å². The highest BCUT2D eigenvalue weighted by atomic mass is 14.8. The summed E-state index contributed by atoms with van der Waals surface area (Å²) in [5, 5.41) is 0. The van der Waals surface area contributed by atoms with Crippen molar-refractivity contribution < 1.29 is 0 Å². The van der Waals surface area contributed by atoms with Crippen LogP contribution in [0.3, 0.4) is 0 Å². The Kier molecular flexibility index (Phi) is 3.29. The molecule has 0 aromatic carbocycles. The Bertz CT molecular complexity index is 378. The molecule has 0 fully saturated rings. The number of pyridine rings is 1. The normalized spacial score (nSPS) is 11.6. The summed E-state index contributed by atoms with van der Waals surface area (Å²) in [4.78, 5) is 4.20. The summed E-state index contributed by atoms with van der Waals surface area (Å²) in [6.07, 6.45) is 9.24. The molecule has 0 saturated heterocycles. The number of nitrogen functional groups attached to an aromatic ring is 2. The van der Waals surface area contributed by atoms with Crippen molar-refractivity contribution in [3.63, 3.8) is 0 Å². The monoisotopic (exact) mass is 189 g/mol. The van der Waals surface area contributed by atoms with Gasteiger partial charge < -0.3 is 11.5 Å². The smallest absolute Gasteiger partial charge is 0.0740 e. The fourth-order valence-electron chi connectivity index (χ4n) is 1.20. The number of allylic oxidation sites excluding steroid dienone is 2. The fourth-order valence-corrected chi connectivity index (χ4v) is 1.20. The van der Waals surface area contributed by atoms with Gasteiger partial charge in [0.1, 0.15) is 0 Å². The van der Waals surface area contributed by atoms with Crippen molar-refractivity contribution in [1.82, 2.24) is 4.98 Å². The standard InChI is InChI=1S/C11H15N3/c1-3-5-8-10(6-4-2)14-7-9(12)11(8)13/h3-7H,12H2,1-2H3,(H2,13,14)/b5-3-,6-4-. The third-order valence-corrected chi connectivity index (χ3v) is 1.88. The highest BCUT2D eigenvalue weighted by Gasteiger charge is 2.05. The third-order valence-electron chi connectivity index (χ3n) is 1.88. The first kappa shape index (κ1) is 10.3. The SMILES string of the molecule is C/C=C\c1ncc(N)c(N)c1/C=C\C. The first-order chi connectivity index (χ1) is 6.70. The van der Waals surface area contributed by atoms with E-state index in [1.54, 1.807) is 6.20 Å². The average Bonchev–Trinajstić information content (AvgIpc) is 2.18. The van der Waals surface area contributed by atoms with Crippen LogP contribution in [0.5, 0.6) is 0 Å². The molecule has 1 aromatic heterocycles. The van der Waals surface area contributed by atoms with Crippen molar-refractivity contribution >= 4 is 23.5 Å². The molecule has 1 heterocycles. The van der Waals surface area contributed by atoms with Gasteiger partial charge in [-0.25, -0.2) is 0 Å². The van der Waals surface area contributed by atoms with Crippen molar-refractivity contribution in [2.75, 3.05) is 11.5 Å². The van der Waals surface area contributed by atoms with Gasteiger partial charge in [-0.05, 0) is 19.9 Å². The van der Waals surface area contributed by atoms with Crippen LogP contribution in [-0.4, -0.2) is 4.98 Å². The summed E-state index contributed by atoms with van der Waals surface area (Å²) in [6, 6.07) is 0. The van der Waals surface area contributed by atoms with Crippen LogP contribution >= 0.6 is 0 Å². The van der Waals surface area contributed by atoms with Gasteiger partial charge in [0.05, 0.1) is 23.3 Å². The van der Waals surface area contributed by atoms with Crippen molar-refractivity contribution in [1.29, 1.82) is 0 Å². The number of nitrogens with two attached hydrogens (primary N) is 2. The number of hydrogen-bond donors (Lipinski definition) is 2. The first-order valence-electron chi connectivity index (χ1n) is 4.50. The summed E-state index contributed by atoms with van der Waals surface area (Å²) >= 11 is 0. The summed E-state index contributed by atoms with van der Waals surface area (Å²) in [7, 11) is 0. The predicted octanol–water partition coefficient (Wildman–Crippen LogP) is 2.31. The lowest BCUT2D eigenvalue weighted by atomic mass is 10.1. The van der Waals surface area contributed by atoms with Crippen LogP contribution in [0.1, 0.15) is 25.1 Å². The number of hydrogen-bond acceptors (Lipinski definition) is 3. The molecule has 0 aliphatic carbocycles. The summed E-state index contributed by atoms with van der Waals surface area (Å²) < 4.78 is 0. The van der Waals surface area contributed by atoms with Crippen LogP contribution in [0.15, 0.2) is 18.3 Å². The molecule has 0 aliphatic heterocycles. The molecular weight excluding hydrogens is 174 g/mol. The summed E-state index contributed by atoms with van der Waals surface area (Å²) in [6.45, 7) is 3.87. The zero-order valence-corrected chi connectivity index (χ0v) is 8.49. The van der Waals surface area contributed by atoms with Crippen molar-refractivity contribution in [3.05, 3.63) is 29.6 Å². The van der Waals surface area contributed by atoms with Crippen molar-refractivity contribution in [3.8, 4) is 0 Å². The molecule has 0 amide bonds. The predicted molar refractivity (Wildman–Crippen MR) is 62.5 cm³/mol. The molecule has 0 spiro atoms. The van der Waals surface area contributed by atoms with E-state index in [2.05, 4.69) is 4.98 Å². The van der Waals surface area contributed by atoms with E-state index in [0.717, 1.165) is 11.3 Å². The van der Waals surface area contributed by atoms with Gasteiger partial charge in [-0.15, -0.1) is 0 Å². The Morgan fingerprint density at radius 3 is 2.36 bits per heavy atom. The van der Waals surface area contributed by atoms with Crippen LogP contribution in [-0.2, 0) is 0 Å². The fraction of sp³-hybridized carbons (Fsp3) is 0.182. The maximum Gasteiger partial charge on any atom is 0.0740 e. The lowest BCUT2D eigenvalue weighted by molar-refractivity contribution is 1.29. The molecule has 0 atom stereocenters. The minimum absolute atomic E-state index is 0.520. The zero-order chi connectivity index (χ0) is 10.6. The first-order valence-corrected chi connectivity index (χ1v) is 4.50. The molecule has 74 valence electrons. The van der Waals surface area contributed by atoms with Gasteiger partial charge >= 0.3 is 0 Å². The van der Waals surface area contributed by atoms with E-state index in [-0.39, 0.29) is 0 Å². The average molecular weight is 189 g/mol. The molecule has 3 nitrogen and oxygen atoms in total. The minimum atomic E-state index is 0.520. The van der Waals surface area contributed by atoms with Crippen LogP contribution < -0.4 is 11.5 Å². The Morgan fingerprint density at radius 2 is 1.79 bits per heavy atom. The minimum Gasteiger partial charge on any atom is -0.396 e. The Morgan fingerprint density at radius 1 is 1.14 bits per heavy atom. The second-order valence-corrected chi connectivity index (χ2v) is 2.93. The third kappa shape index (κ3) is 1.93. The quantitative estimate of drug-likeness (QED) is 0.750. The lowest BCUT2D eigenvalue weighted by Crippen LogP contribution is -2.01. The summed E-state index contributed by atoms with van der Waals surface area (Å²) in [5.41, 5.74) is 14.4. The Hall–Kier alpha value is -1.77. The van der Waals surface area contributed by atoms with Crippen LogP contribution in [0.4, 0.5) is 11.4 Å². The van der Waals surface area contributed by atoms with E-state index in [0.29, 0.717) is 11.4 Å². The van der Waals surface area contributed by atoms with Crippen LogP contribution in [0, 0.1) is 0 Å². The lowest BCUT2D eigenvalue weighted by Gasteiger charge is -2.06. The van der Waals surface area contributed by atoms with Crippen LogP contribution in [0.25, 0.3) is 12.2 Å². The molecule has 4 N–H and O–H groups in total. The molecule has 0 radical (unpaired) electrons. The number of anilines is 2. The molecule has 0 aliphatic rings. The van der Waals surface area contributed by atoms with Gasteiger partial charge in [0.15, 0.2) is 0 Å². The second-order valence-electron chi connectivity index (χ2n) is 2.93. The molecule has 1 aromatic rings. The molecule has 3 heteroatoms. The van der Waals surface area contributed by atoms with E-state index in [1.165, 1.54) is 0 Å². The highest BCUT2D eigenvalue weighted by molar-refractivity contribution is 5.80. The maximum atomic E-state index is 5.85. The van der Waals surface area contributed by atoms with E-state index in [4.69, 9.17) is 11.5 Å². The Labute approximate surface area is 84.1 Å². The van der Waals surface area contributed by atoms with E-state index in [9.17, 15) is 0 Å². The number of rotatable bonds is 2. The highest BCUT2D eigenvalue weighted by Crippen LogP contribution is 2.23. The van der Waals surface area contributed by atoms with E-state index in [1.807, 2.05) is 38.2 Å². The van der Waals surface area contributed by atoms with Gasteiger partial charge in [-0.2, -0.15) is 0 Å². The maximum absolute atomic E-state index is 5.85.